The van der Waals surface area contributed by atoms with Crippen molar-refractivity contribution in [1.29, 1.82) is 0 Å². The lowest BCUT2D eigenvalue weighted by Gasteiger charge is -1.96. The van der Waals surface area contributed by atoms with Gasteiger partial charge in [-0.25, -0.2) is 0 Å². The summed E-state index contributed by atoms with van der Waals surface area (Å²) < 4.78 is 0. The first-order valence-corrected chi connectivity index (χ1v) is 4.33. The molecule has 0 saturated carbocycles. The zero-order chi connectivity index (χ0) is 8.53. The maximum atomic E-state index is 3.69. The second-order valence-corrected chi connectivity index (χ2v) is 2.83. The van der Waals surface area contributed by atoms with Crippen molar-refractivity contribution in [2.24, 2.45) is 5.92 Å². The Morgan fingerprint density at radius 1 is 1.55 bits per heavy atom. The van der Waals surface area contributed by atoms with Gasteiger partial charge in [0.2, 0.25) is 0 Å². The zero-order valence-corrected chi connectivity index (χ0v) is 7.64. The first kappa shape index (κ1) is 10.3. The van der Waals surface area contributed by atoms with Crippen LogP contribution in [-0.4, -0.2) is 0 Å². The Morgan fingerprint density at radius 3 is 2.82 bits per heavy atom. The molecule has 0 N–H and O–H groups in total. The molecule has 0 rings (SSSR count). The molecule has 0 aliphatic heterocycles. The summed E-state index contributed by atoms with van der Waals surface area (Å²) in [6.07, 6.45) is 9.54. The average Bonchev–Trinajstić information content (AvgIpc) is 1.99. The average molecular weight is 150 g/mol. The molecule has 0 radical (unpaired) electrons. The van der Waals surface area contributed by atoms with Crippen LogP contribution in [0.1, 0.15) is 33.1 Å². The van der Waals surface area contributed by atoms with Crippen LogP contribution in [0, 0.1) is 5.92 Å². The van der Waals surface area contributed by atoms with Gasteiger partial charge in [0.25, 0.3) is 0 Å². The molecule has 0 amide bonds. The Bertz CT molecular complexity index is 147. The van der Waals surface area contributed by atoms with E-state index < -0.39 is 0 Å². The first-order chi connectivity index (χ1) is 5.31. The molecule has 11 heavy (non-hydrogen) atoms. The van der Waals surface area contributed by atoms with E-state index in [2.05, 4.69) is 38.3 Å². The van der Waals surface area contributed by atoms with Gasteiger partial charge in [-0.05, 0) is 30.9 Å². The summed E-state index contributed by atoms with van der Waals surface area (Å²) >= 11 is 0. The fourth-order valence-corrected chi connectivity index (χ4v) is 0.791. The van der Waals surface area contributed by atoms with E-state index in [1.807, 2.05) is 6.08 Å². The van der Waals surface area contributed by atoms with E-state index in [1.165, 1.54) is 6.42 Å². The van der Waals surface area contributed by atoms with Crippen LogP contribution >= 0.6 is 0 Å². The van der Waals surface area contributed by atoms with Crippen LogP contribution in [0.25, 0.3) is 0 Å². The molecule has 0 spiro atoms. The lowest BCUT2D eigenvalue weighted by Crippen LogP contribution is -1.83. The van der Waals surface area contributed by atoms with Gasteiger partial charge in [-0.3, -0.25) is 0 Å². The third kappa shape index (κ3) is 7.15. The van der Waals surface area contributed by atoms with Crippen LogP contribution in [0.4, 0.5) is 0 Å². The normalized spacial score (nSPS) is 11.5. The maximum Gasteiger partial charge on any atom is -0.0152 e. The van der Waals surface area contributed by atoms with Gasteiger partial charge < -0.3 is 0 Å². The fourth-order valence-electron chi connectivity index (χ4n) is 0.791. The molecule has 1 atom stereocenters. The molecule has 0 heteroatoms. The van der Waals surface area contributed by atoms with Gasteiger partial charge in [0.1, 0.15) is 0 Å². The standard InChI is InChI=1S/C11H18/c1-4-6-7-8-10-11(3)9-5-2/h5,7,10-11H,2,4,6,9H2,1,3H3. The van der Waals surface area contributed by atoms with Crippen LogP contribution < -0.4 is 0 Å². The number of hydrogen-bond acceptors (Lipinski definition) is 0. The minimum Gasteiger partial charge on any atom is -0.129 e. The van der Waals surface area contributed by atoms with E-state index in [-0.39, 0.29) is 0 Å². The van der Waals surface area contributed by atoms with Crippen LogP contribution in [0.15, 0.2) is 30.5 Å². The summed E-state index contributed by atoms with van der Waals surface area (Å²) in [6, 6.07) is 0. The fraction of sp³-hybridized carbons (Fsp3) is 0.545. The Morgan fingerprint density at radius 2 is 2.27 bits per heavy atom. The highest BCUT2D eigenvalue weighted by Gasteiger charge is 1.88. The monoisotopic (exact) mass is 150 g/mol. The van der Waals surface area contributed by atoms with E-state index in [4.69, 9.17) is 0 Å². The van der Waals surface area contributed by atoms with Gasteiger partial charge >= 0.3 is 0 Å². The predicted molar refractivity (Wildman–Crippen MR) is 51.5 cm³/mol. The third-order valence-corrected chi connectivity index (χ3v) is 1.47. The molecule has 0 heterocycles. The van der Waals surface area contributed by atoms with Gasteiger partial charge in [-0.2, -0.15) is 0 Å². The number of hydrogen-bond donors (Lipinski definition) is 0. The molecular weight excluding hydrogens is 132 g/mol. The highest BCUT2D eigenvalue weighted by atomic mass is 13.9. The Hall–Kier alpha value is -0.740. The van der Waals surface area contributed by atoms with Crippen molar-refractivity contribution in [3.05, 3.63) is 30.5 Å². The molecule has 0 aromatic rings. The highest BCUT2D eigenvalue weighted by Crippen LogP contribution is 2.02. The van der Waals surface area contributed by atoms with E-state index in [9.17, 15) is 0 Å². The minimum absolute atomic E-state index is 0.584. The molecular formula is C11H18. The first-order valence-electron chi connectivity index (χ1n) is 4.33. The summed E-state index contributed by atoms with van der Waals surface area (Å²) in [5, 5.41) is 0. The Labute approximate surface area is 70.3 Å². The van der Waals surface area contributed by atoms with Crippen molar-refractivity contribution in [2.45, 2.75) is 33.1 Å². The lowest BCUT2D eigenvalue weighted by molar-refractivity contribution is 0.746. The van der Waals surface area contributed by atoms with Crippen molar-refractivity contribution in [3.63, 3.8) is 0 Å². The number of rotatable bonds is 5. The maximum absolute atomic E-state index is 3.69. The molecule has 62 valence electrons. The molecule has 0 nitrogen and oxygen atoms in total. The molecule has 0 fully saturated rings. The van der Waals surface area contributed by atoms with Crippen LogP contribution in [0.3, 0.4) is 0 Å². The summed E-state index contributed by atoms with van der Waals surface area (Å²) in [5.41, 5.74) is 3.17. The van der Waals surface area contributed by atoms with Gasteiger partial charge in [0.15, 0.2) is 0 Å². The van der Waals surface area contributed by atoms with Crippen LogP contribution in [0.2, 0.25) is 0 Å². The third-order valence-electron chi connectivity index (χ3n) is 1.47. The molecule has 0 aromatic carbocycles. The van der Waals surface area contributed by atoms with E-state index in [0.717, 1.165) is 12.8 Å². The molecule has 0 bridgehead atoms. The quantitative estimate of drug-likeness (QED) is 0.414. The number of unbranched alkanes of at least 4 members (excludes halogenated alkanes) is 1. The second-order valence-electron chi connectivity index (χ2n) is 2.83. The summed E-state index contributed by atoms with van der Waals surface area (Å²) in [5.74, 6) is 0.584. The number of allylic oxidation sites excluding steroid dienone is 2. The molecule has 0 aliphatic carbocycles. The molecule has 1 unspecified atom stereocenters. The van der Waals surface area contributed by atoms with E-state index in [1.54, 1.807) is 0 Å². The van der Waals surface area contributed by atoms with Gasteiger partial charge in [0.05, 0.1) is 0 Å². The van der Waals surface area contributed by atoms with Gasteiger partial charge in [-0.1, -0.05) is 26.3 Å². The topological polar surface area (TPSA) is 0 Å². The molecule has 0 aliphatic rings. The smallest absolute Gasteiger partial charge is 0.0152 e. The van der Waals surface area contributed by atoms with E-state index >= 15 is 0 Å². The summed E-state index contributed by atoms with van der Waals surface area (Å²) in [7, 11) is 0. The van der Waals surface area contributed by atoms with Crippen molar-refractivity contribution in [3.8, 4) is 0 Å². The van der Waals surface area contributed by atoms with Crippen molar-refractivity contribution < 1.29 is 0 Å². The minimum atomic E-state index is 0.584. The summed E-state index contributed by atoms with van der Waals surface area (Å²) in [4.78, 5) is 0. The lowest BCUT2D eigenvalue weighted by atomic mass is 10.1. The second kappa shape index (κ2) is 7.37. The van der Waals surface area contributed by atoms with E-state index in [0.29, 0.717) is 5.92 Å². The molecule has 0 aromatic heterocycles. The van der Waals surface area contributed by atoms with Gasteiger partial charge in [0, 0.05) is 0 Å². The van der Waals surface area contributed by atoms with Crippen molar-refractivity contribution >= 4 is 0 Å². The zero-order valence-electron chi connectivity index (χ0n) is 7.64. The van der Waals surface area contributed by atoms with Crippen molar-refractivity contribution in [1.82, 2.24) is 0 Å². The SMILES string of the molecule is C=CCC(C)C=C=CCCC. The molecule has 0 saturated heterocycles. The highest BCUT2D eigenvalue weighted by molar-refractivity contribution is 4.90. The Balaban J connectivity index is 3.61. The predicted octanol–water partition coefficient (Wildman–Crippen LogP) is 3.71. The largest absolute Gasteiger partial charge is 0.129 e. The van der Waals surface area contributed by atoms with Crippen molar-refractivity contribution in [2.75, 3.05) is 0 Å². The van der Waals surface area contributed by atoms with Crippen LogP contribution in [0.5, 0.6) is 0 Å². The van der Waals surface area contributed by atoms with Gasteiger partial charge in [-0.15, -0.1) is 12.3 Å². The Kier molecular flexibility index (Phi) is 6.87. The van der Waals surface area contributed by atoms with Crippen LogP contribution in [-0.2, 0) is 0 Å². The summed E-state index contributed by atoms with van der Waals surface area (Å²) in [6.45, 7) is 8.03.